The normalized spacial score (nSPS) is 16.6. The highest BCUT2D eigenvalue weighted by molar-refractivity contribution is 7.21. The second-order valence-electron chi connectivity index (χ2n) is 6.69. The molecular weight excluding hydrogens is 363 g/mol. The number of thiophene rings is 1. The van der Waals surface area contributed by atoms with E-state index in [0.29, 0.717) is 21.6 Å². The molecule has 0 saturated carbocycles. The van der Waals surface area contributed by atoms with Crippen LogP contribution in [0.1, 0.15) is 21.7 Å². The summed E-state index contributed by atoms with van der Waals surface area (Å²) >= 11 is 1.34. The van der Waals surface area contributed by atoms with E-state index in [-0.39, 0.29) is 24.4 Å². The zero-order valence-corrected chi connectivity index (χ0v) is 15.9. The molecule has 27 heavy (non-hydrogen) atoms. The van der Waals surface area contributed by atoms with Gasteiger partial charge in [-0.1, -0.05) is 24.3 Å². The van der Waals surface area contributed by atoms with Gasteiger partial charge >= 0.3 is 0 Å². The highest BCUT2D eigenvalue weighted by atomic mass is 32.1. The lowest BCUT2D eigenvalue weighted by Crippen LogP contribution is -2.38. The van der Waals surface area contributed by atoms with Crippen LogP contribution in [-0.2, 0) is 6.61 Å². The summed E-state index contributed by atoms with van der Waals surface area (Å²) in [6.07, 6.45) is 0.928. The van der Waals surface area contributed by atoms with E-state index in [1.165, 1.54) is 17.4 Å². The first kappa shape index (κ1) is 17.9. The van der Waals surface area contributed by atoms with Crippen LogP contribution in [0.25, 0.3) is 10.1 Å². The molecular formula is C21H21FN2O2S. The van der Waals surface area contributed by atoms with Crippen LogP contribution in [-0.4, -0.2) is 37.0 Å². The van der Waals surface area contributed by atoms with E-state index in [1.54, 1.807) is 11.0 Å². The molecule has 1 unspecified atom stereocenters. The number of benzene rings is 2. The van der Waals surface area contributed by atoms with Crippen molar-refractivity contribution in [2.24, 2.45) is 0 Å². The van der Waals surface area contributed by atoms with Crippen LogP contribution in [0.4, 0.5) is 4.39 Å². The van der Waals surface area contributed by atoms with Crippen molar-refractivity contribution in [3.8, 4) is 5.75 Å². The van der Waals surface area contributed by atoms with Gasteiger partial charge in [0.1, 0.15) is 18.2 Å². The van der Waals surface area contributed by atoms with E-state index in [9.17, 15) is 9.18 Å². The maximum absolute atomic E-state index is 14.6. The molecule has 0 spiro atoms. The predicted molar refractivity (Wildman–Crippen MR) is 106 cm³/mol. The number of likely N-dealkylation sites (N-methyl/N-ethyl adjacent to an activating group) is 1. The van der Waals surface area contributed by atoms with Crippen molar-refractivity contribution in [2.45, 2.75) is 19.1 Å². The lowest BCUT2D eigenvalue weighted by Gasteiger charge is -2.23. The minimum atomic E-state index is -0.320. The molecule has 0 radical (unpaired) electrons. The minimum absolute atomic E-state index is 0.0732. The molecule has 1 amide bonds. The van der Waals surface area contributed by atoms with Crippen LogP contribution in [0.15, 0.2) is 48.5 Å². The van der Waals surface area contributed by atoms with Gasteiger partial charge in [0.15, 0.2) is 0 Å². The molecule has 1 fully saturated rings. The van der Waals surface area contributed by atoms with Gasteiger partial charge in [0.2, 0.25) is 0 Å². The number of halogens is 1. The molecule has 4 nitrogen and oxygen atoms in total. The van der Waals surface area contributed by atoms with E-state index < -0.39 is 0 Å². The number of nitrogens with zero attached hydrogens (tertiary/aromatic N) is 1. The topological polar surface area (TPSA) is 41.6 Å². The fourth-order valence-corrected chi connectivity index (χ4v) is 4.65. The van der Waals surface area contributed by atoms with Gasteiger partial charge in [-0.3, -0.25) is 4.79 Å². The molecule has 4 rings (SSSR count). The van der Waals surface area contributed by atoms with Crippen LogP contribution < -0.4 is 10.1 Å². The Kier molecular flexibility index (Phi) is 5.09. The SMILES string of the molecule is CN(C(=O)c1sc2cccc(F)c2c1COc1ccccc1)C1CCNC1. The molecule has 1 aliphatic heterocycles. The smallest absolute Gasteiger partial charge is 0.264 e. The third-order valence-electron chi connectivity index (χ3n) is 4.99. The second-order valence-corrected chi connectivity index (χ2v) is 7.74. The van der Waals surface area contributed by atoms with Crippen molar-refractivity contribution in [3.05, 3.63) is 64.8 Å². The number of amides is 1. The number of nitrogens with one attached hydrogen (secondary N) is 1. The van der Waals surface area contributed by atoms with Gasteiger partial charge < -0.3 is 15.0 Å². The molecule has 3 aromatic rings. The lowest BCUT2D eigenvalue weighted by molar-refractivity contribution is 0.0746. The summed E-state index contributed by atoms with van der Waals surface area (Å²) in [5.41, 5.74) is 0.625. The maximum Gasteiger partial charge on any atom is 0.264 e. The summed E-state index contributed by atoms with van der Waals surface area (Å²) in [6.45, 7) is 1.85. The number of ether oxygens (including phenoxy) is 1. The molecule has 1 aromatic heterocycles. The first-order valence-corrected chi connectivity index (χ1v) is 9.82. The number of carbonyl (C=O) groups excluding carboxylic acids is 1. The van der Waals surface area contributed by atoms with Gasteiger partial charge in [-0.15, -0.1) is 11.3 Å². The highest BCUT2D eigenvalue weighted by Crippen LogP contribution is 2.35. The van der Waals surface area contributed by atoms with Crippen LogP contribution in [0, 0.1) is 5.82 Å². The molecule has 0 aliphatic carbocycles. The summed E-state index contributed by atoms with van der Waals surface area (Å²) in [6, 6.07) is 14.5. The van der Waals surface area contributed by atoms with Gasteiger partial charge in [-0.25, -0.2) is 4.39 Å². The fourth-order valence-electron chi connectivity index (χ4n) is 3.45. The van der Waals surface area contributed by atoms with Crippen molar-refractivity contribution in [1.82, 2.24) is 10.2 Å². The van der Waals surface area contributed by atoms with Crippen LogP contribution in [0.3, 0.4) is 0 Å². The van der Waals surface area contributed by atoms with Crippen LogP contribution in [0.5, 0.6) is 5.75 Å². The Morgan fingerprint density at radius 1 is 1.26 bits per heavy atom. The molecule has 6 heteroatoms. The molecule has 1 atom stereocenters. The molecule has 0 bridgehead atoms. The Morgan fingerprint density at radius 2 is 2.07 bits per heavy atom. The molecule has 1 aliphatic rings. The molecule has 2 aromatic carbocycles. The predicted octanol–water partition coefficient (Wildman–Crippen LogP) is 4.05. The Morgan fingerprint density at radius 3 is 2.81 bits per heavy atom. The average molecular weight is 384 g/mol. The number of carbonyl (C=O) groups is 1. The Hall–Kier alpha value is -2.44. The van der Waals surface area contributed by atoms with E-state index in [0.717, 1.165) is 24.2 Å². The number of para-hydroxylation sites is 1. The minimum Gasteiger partial charge on any atom is -0.489 e. The number of rotatable bonds is 5. The van der Waals surface area contributed by atoms with E-state index in [1.807, 2.05) is 43.4 Å². The van der Waals surface area contributed by atoms with Crippen LogP contribution in [0.2, 0.25) is 0 Å². The number of hydrogen-bond donors (Lipinski definition) is 1. The lowest BCUT2D eigenvalue weighted by atomic mass is 10.1. The van der Waals surface area contributed by atoms with Gasteiger partial charge in [-0.05, 0) is 37.2 Å². The van der Waals surface area contributed by atoms with E-state index in [2.05, 4.69) is 5.32 Å². The number of hydrogen-bond acceptors (Lipinski definition) is 4. The van der Waals surface area contributed by atoms with Gasteiger partial charge in [-0.2, -0.15) is 0 Å². The van der Waals surface area contributed by atoms with Crippen LogP contribution >= 0.6 is 11.3 Å². The van der Waals surface area contributed by atoms with Crippen molar-refractivity contribution >= 4 is 27.3 Å². The van der Waals surface area contributed by atoms with Crippen molar-refractivity contribution in [1.29, 1.82) is 0 Å². The summed E-state index contributed by atoms with van der Waals surface area (Å²) in [5.74, 6) is 0.301. The second kappa shape index (κ2) is 7.66. The highest BCUT2D eigenvalue weighted by Gasteiger charge is 2.28. The van der Waals surface area contributed by atoms with E-state index in [4.69, 9.17) is 4.74 Å². The summed E-state index contributed by atoms with van der Waals surface area (Å²) in [7, 11) is 1.82. The molecule has 1 N–H and O–H groups in total. The summed E-state index contributed by atoms with van der Waals surface area (Å²) in [4.78, 5) is 15.5. The maximum atomic E-state index is 14.6. The fraction of sp³-hybridized carbons (Fsp3) is 0.286. The average Bonchev–Trinajstić information content (AvgIpc) is 3.35. The first-order valence-electron chi connectivity index (χ1n) is 9.01. The third kappa shape index (κ3) is 3.55. The molecule has 2 heterocycles. The largest absolute Gasteiger partial charge is 0.489 e. The van der Waals surface area contributed by atoms with Crippen molar-refractivity contribution in [2.75, 3.05) is 20.1 Å². The first-order chi connectivity index (χ1) is 13.1. The monoisotopic (exact) mass is 384 g/mol. The van der Waals surface area contributed by atoms with Gasteiger partial charge in [0, 0.05) is 35.3 Å². The van der Waals surface area contributed by atoms with Gasteiger partial charge in [0.05, 0.1) is 4.88 Å². The van der Waals surface area contributed by atoms with E-state index >= 15 is 0 Å². The Labute approximate surface area is 161 Å². The third-order valence-corrected chi connectivity index (χ3v) is 6.17. The molecule has 1 saturated heterocycles. The standard InChI is InChI=1S/C21H21FN2O2S/c1-24(14-10-11-23-12-14)21(25)20-16(13-26-15-6-3-2-4-7-15)19-17(22)8-5-9-18(19)27-20/h2-9,14,23H,10-13H2,1H3. The van der Waals surface area contributed by atoms with Crippen molar-refractivity contribution < 1.29 is 13.9 Å². The van der Waals surface area contributed by atoms with Crippen molar-refractivity contribution in [3.63, 3.8) is 0 Å². The zero-order chi connectivity index (χ0) is 18.8. The summed E-state index contributed by atoms with van der Waals surface area (Å²) < 4.78 is 21.2. The quantitative estimate of drug-likeness (QED) is 0.721. The zero-order valence-electron chi connectivity index (χ0n) is 15.1. The Balaban J connectivity index is 1.70. The summed E-state index contributed by atoms with van der Waals surface area (Å²) in [5, 5.41) is 3.77. The number of fused-ring (bicyclic) bond motifs is 1. The molecule has 140 valence electrons. The Bertz CT molecular complexity index is 951. The van der Waals surface area contributed by atoms with Gasteiger partial charge in [0.25, 0.3) is 5.91 Å².